The van der Waals surface area contributed by atoms with Crippen molar-refractivity contribution in [3.05, 3.63) is 94.2 Å². The molecular formula is C29H32Cl2FN3O4S. The van der Waals surface area contributed by atoms with Gasteiger partial charge in [-0.1, -0.05) is 73.4 Å². The number of para-hydroxylation sites is 1. The summed E-state index contributed by atoms with van der Waals surface area (Å²) in [6.07, 6.45) is 0.917. The van der Waals surface area contributed by atoms with Crippen LogP contribution in [0.1, 0.15) is 39.2 Å². The predicted molar refractivity (Wildman–Crippen MR) is 156 cm³/mol. The van der Waals surface area contributed by atoms with Crippen molar-refractivity contribution < 1.29 is 22.4 Å². The summed E-state index contributed by atoms with van der Waals surface area (Å²) in [4.78, 5) is 28.5. The molecule has 3 aromatic carbocycles. The van der Waals surface area contributed by atoms with E-state index in [0.717, 1.165) is 10.4 Å². The van der Waals surface area contributed by atoms with E-state index in [1.165, 1.54) is 53.4 Å². The fourth-order valence-electron chi connectivity index (χ4n) is 4.08. The summed E-state index contributed by atoms with van der Waals surface area (Å²) in [5.41, 5.74) is 0.221. The van der Waals surface area contributed by atoms with E-state index in [9.17, 15) is 22.4 Å². The van der Waals surface area contributed by atoms with E-state index in [2.05, 4.69) is 5.32 Å². The molecule has 0 aromatic heterocycles. The largest absolute Gasteiger partial charge is 0.352 e. The highest BCUT2D eigenvalue weighted by atomic mass is 35.5. The number of carbonyl (C=O) groups is 2. The number of nitrogens with zero attached hydrogens (tertiary/aromatic N) is 2. The predicted octanol–water partition coefficient (Wildman–Crippen LogP) is 6.05. The summed E-state index contributed by atoms with van der Waals surface area (Å²) in [5.74, 6) is -1.91. The van der Waals surface area contributed by atoms with Gasteiger partial charge >= 0.3 is 0 Å². The molecule has 0 bridgehead atoms. The maximum Gasteiger partial charge on any atom is 0.264 e. The van der Waals surface area contributed by atoms with E-state index in [4.69, 9.17) is 23.2 Å². The average molecular weight is 609 g/mol. The molecule has 0 radical (unpaired) electrons. The number of benzene rings is 3. The minimum Gasteiger partial charge on any atom is -0.352 e. The first kappa shape index (κ1) is 31.4. The van der Waals surface area contributed by atoms with Crippen LogP contribution in [-0.4, -0.2) is 43.8 Å². The van der Waals surface area contributed by atoms with E-state index in [1.54, 1.807) is 25.1 Å². The van der Waals surface area contributed by atoms with Gasteiger partial charge < -0.3 is 10.2 Å². The Hall–Kier alpha value is -3.14. The van der Waals surface area contributed by atoms with Crippen LogP contribution in [-0.2, 0) is 26.2 Å². The highest BCUT2D eigenvalue weighted by Gasteiger charge is 2.35. The van der Waals surface area contributed by atoms with Gasteiger partial charge in [-0.25, -0.2) is 12.8 Å². The molecule has 0 saturated heterocycles. The molecule has 7 nitrogen and oxygen atoms in total. The number of anilines is 1. The van der Waals surface area contributed by atoms with Crippen molar-refractivity contribution in [2.75, 3.05) is 10.8 Å². The highest BCUT2D eigenvalue weighted by molar-refractivity contribution is 7.92. The normalized spacial score (nSPS) is 12.8. The third-order valence-corrected chi connectivity index (χ3v) is 8.83. The Balaban J connectivity index is 2.08. The standard InChI is InChI=1S/C29H32Cl2FN3O4S/c1-4-20(3)33-29(37)26(5-2)34(18-21-15-16-22(30)17-24(21)31)28(36)19-35(27-14-10-9-13-25(27)32)40(38,39)23-11-7-6-8-12-23/h6-17,20,26H,4-5,18-19H2,1-3H3,(H,33,37)/t20-,26-/m0/s1. The minimum atomic E-state index is -4.37. The second kappa shape index (κ2) is 14.0. The van der Waals surface area contributed by atoms with Gasteiger partial charge in [-0.2, -0.15) is 0 Å². The molecule has 214 valence electrons. The lowest BCUT2D eigenvalue weighted by atomic mass is 10.1. The van der Waals surface area contributed by atoms with Crippen LogP contribution in [0, 0.1) is 5.82 Å². The van der Waals surface area contributed by atoms with Gasteiger partial charge in [-0.05, 0) is 61.7 Å². The summed E-state index contributed by atoms with van der Waals surface area (Å²) < 4.78 is 43.2. The molecule has 2 amide bonds. The molecule has 0 unspecified atom stereocenters. The molecule has 11 heteroatoms. The minimum absolute atomic E-state index is 0.0994. The number of rotatable bonds is 12. The lowest BCUT2D eigenvalue weighted by Crippen LogP contribution is -2.53. The molecule has 40 heavy (non-hydrogen) atoms. The summed E-state index contributed by atoms with van der Waals surface area (Å²) >= 11 is 12.5. The molecular weight excluding hydrogens is 576 g/mol. The molecule has 0 fully saturated rings. The first-order valence-corrected chi connectivity index (χ1v) is 15.0. The fourth-order valence-corrected chi connectivity index (χ4v) is 5.99. The topological polar surface area (TPSA) is 86.8 Å². The van der Waals surface area contributed by atoms with Crippen LogP contribution in [0.2, 0.25) is 10.0 Å². The Morgan fingerprint density at radius 1 is 0.950 bits per heavy atom. The second-order valence-corrected chi connectivity index (χ2v) is 12.0. The fraction of sp³-hybridized carbons (Fsp3) is 0.310. The molecule has 0 aliphatic heterocycles. The van der Waals surface area contributed by atoms with Gasteiger partial charge in [0.15, 0.2) is 0 Å². The molecule has 0 saturated carbocycles. The van der Waals surface area contributed by atoms with E-state index in [0.29, 0.717) is 17.0 Å². The van der Waals surface area contributed by atoms with Crippen molar-refractivity contribution >= 4 is 50.7 Å². The average Bonchev–Trinajstić information content (AvgIpc) is 2.93. The lowest BCUT2D eigenvalue weighted by Gasteiger charge is -2.34. The number of sulfonamides is 1. The Morgan fingerprint density at radius 2 is 1.60 bits per heavy atom. The summed E-state index contributed by atoms with van der Waals surface area (Å²) in [6.45, 7) is 4.66. The first-order valence-electron chi connectivity index (χ1n) is 12.9. The number of nitrogens with one attached hydrogen (secondary N) is 1. The molecule has 3 aromatic rings. The van der Waals surface area contributed by atoms with Crippen LogP contribution in [0.5, 0.6) is 0 Å². The third-order valence-electron chi connectivity index (χ3n) is 6.47. The Bertz CT molecular complexity index is 1440. The molecule has 2 atom stereocenters. The monoisotopic (exact) mass is 607 g/mol. The van der Waals surface area contributed by atoms with Crippen molar-refractivity contribution in [3.8, 4) is 0 Å². The van der Waals surface area contributed by atoms with Gasteiger partial charge in [0.1, 0.15) is 18.4 Å². The Kier molecular flexibility index (Phi) is 11.0. The van der Waals surface area contributed by atoms with Crippen molar-refractivity contribution in [2.24, 2.45) is 0 Å². The second-order valence-electron chi connectivity index (χ2n) is 9.28. The SMILES string of the molecule is CC[C@H](C)NC(=O)[C@H](CC)N(Cc1ccc(Cl)cc1Cl)C(=O)CN(c1ccccc1F)S(=O)(=O)c1ccccc1. The summed E-state index contributed by atoms with van der Waals surface area (Å²) in [6, 6.07) is 16.4. The maximum atomic E-state index is 15.0. The van der Waals surface area contributed by atoms with Crippen molar-refractivity contribution in [3.63, 3.8) is 0 Å². The number of amides is 2. The molecule has 0 aliphatic rings. The van der Waals surface area contributed by atoms with E-state index in [-0.39, 0.29) is 34.6 Å². The van der Waals surface area contributed by atoms with Crippen LogP contribution in [0.15, 0.2) is 77.7 Å². The number of hydrogen-bond donors (Lipinski definition) is 1. The van der Waals surface area contributed by atoms with Gasteiger partial charge in [-0.3, -0.25) is 13.9 Å². The van der Waals surface area contributed by atoms with E-state index < -0.39 is 40.2 Å². The van der Waals surface area contributed by atoms with Crippen LogP contribution in [0.3, 0.4) is 0 Å². The van der Waals surface area contributed by atoms with Crippen molar-refractivity contribution in [1.82, 2.24) is 10.2 Å². The van der Waals surface area contributed by atoms with Gasteiger partial charge in [-0.15, -0.1) is 0 Å². The summed E-state index contributed by atoms with van der Waals surface area (Å²) in [5, 5.41) is 3.58. The van der Waals surface area contributed by atoms with Crippen molar-refractivity contribution in [1.29, 1.82) is 0 Å². The van der Waals surface area contributed by atoms with Gasteiger partial charge in [0.05, 0.1) is 10.6 Å². The van der Waals surface area contributed by atoms with Crippen LogP contribution in [0.4, 0.5) is 10.1 Å². The molecule has 0 heterocycles. The zero-order valence-electron chi connectivity index (χ0n) is 22.5. The number of halogens is 3. The number of hydrogen-bond acceptors (Lipinski definition) is 4. The summed E-state index contributed by atoms with van der Waals surface area (Å²) in [7, 11) is -4.37. The zero-order chi connectivity index (χ0) is 29.4. The van der Waals surface area contributed by atoms with Crippen LogP contribution >= 0.6 is 23.2 Å². The quantitative estimate of drug-likeness (QED) is 0.271. The zero-order valence-corrected chi connectivity index (χ0v) is 24.8. The van der Waals surface area contributed by atoms with E-state index >= 15 is 0 Å². The first-order chi connectivity index (χ1) is 19.0. The third kappa shape index (κ3) is 7.53. The van der Waals surface area contributed by atoms with Crippen molar-refractivity contribution in [2.45, 2.75) is 57.1 Å². The maximum absolute atomic E-state index is 15.0. The number of carbonyl (C=O) groups excluding carboxylic acids is 2. The van der Waals surface area contributed by atoms with Gasteiger partial charge in [0.2, 0.25) is 11.8 Å². The molecule has 1 N–H and O–H groups in total. The van der Waals surface area contributed by atoms with Crippen LogP contribution in [0.25, 0.3) is 0 Å². The molecule has 0 spiro atoms. The Morgan fingerprint density at radius 3 is 2.20 bits per heavy atom. The van der Waals surface area contributed by atoms with Crippen LogP contribution < -0.4 is 9.62 Å². The molecule has 0 aliphatic carbocycles. The van der Waals surface area contributed by atoms with Gasteiger partial charge in [0, 0.05) is 22.6 Å². The molecule has 3 rings (SSSR count). The Labute approximate surface area is 244 Å². The van der Waals surface area contributed by atoms with E-state index in [1.807, 2.05) is 13.8 Å². The highest BCUT2D eigenvalue weighted by Crippen LogP contribution is 2.28. The smallest absolute Gasteiger partial charge is 0.264 e. The van der Waals surface area contributed by atoms with Gasteiger partial charge in [0.25, 0.3) is 10.0 Å². The lowest BCUT2D eigenvalue weighted by molar-refractivity contribution is -0.140.